The smallest absolute Gasteiger partial charge is 0.130 e. The van der Waals surface area contributed by atoms with Gasteiger partial charge in [-0.1, -0.05) is 0 Å². The Balaban J connectivity index is 2.13. The Hall–Kier alpha value is -1.27. The van der Waals surface area contributed by atoms with Crippen LogP contribution < -0.4 is 9.80 Å². The van der Waals surface area contributed by atoms with Crippen molar-refractivity contribution in [3.8, 4) is 0 Å². The second-order valence-corrected chi connectivity index (χ2v) is 6.64. The predicted octanol–water partition coefficient (Wildman–Crippen LogP) is 1.58. The van der Waals surface area contributed by atoms with Gasteiger partial charge in [-0.2, -0.15) is 0 Å². The molecule has 0 N–H and O–H groups in total. The molecule has 0 aliphatic carbocycles. The molecule has 0 bridgehead atoms. The first-order valence-electron chi connectivity index (χ1n) is 7.29. The van der Waals surface area contributed by atoms with Gasteiger partial charge in [-0.05, 0) is 7.05 Å². The van der Waals surface area contributed by atoms with E-state index >= 15 is 0 Å². The van der Waals surface area contributed by atoms with E-state index < -0.39 is 0 Å². The Morgan fingerprint density at radius 2 is 2.05 bits per heavy atom. The molecule has 0 saturated carbocycles. The molecule has 0 spiro atoms. The van der Waals surface area contributed by atoms with E-state index in [1.807, 2.05) is 20.3 Å². The summed E-state index contributed by atoms with van der Waals surface area (Å²) < 4.78 is 0. The molecule has 21 heavy (non-hydrogen) atoms. The number of pyridine rings is 1. The van der Waals surface area contributed by atoms with Gasteiger partial charge in [0.25, 0.3) is 0 Å². The number of carbonyl (C=O) groups is 1. The molecule has 0 amide bonds. The highest BCUT2D eigenvalue weighted by Crippen LogP contribution is 2.31. The van der Waals surface area contributed by atoms with Crippen molar-refractivity contribution >= 4 is 29.6 Å². The predicted molar refractivity (Wildman–Crippen MR) is 89.7 cm³/mol. The monoisotopic (exact) mass is 308 g/mol. The molecule has 1 aliphatic heterocycles. The summed E-state index contributed by atoms with van der Waals surface area (Å²) in [5.41, 5.74) is 1.18. The van der Waals surface area contributed by atoms with Crippen LogP contribution in [0.15, 0.2) is 17.2 Å². The molecule has 0 radical (unpaired) electrons. The Kier molecular flexibility index (Phi) is 5.87. The standard InChI is InChI=1S/C15H24N4OS/c1-17(2)13-11-15(19-7-5-18(3)6-8-19)16-12-14(13)21-10-4-9-20/h9,11-12H,4-8,10H2,1-3H3. The topological polar surface area (TPSA) is 39.7 Å². The molecule has 0 aromatic carbocycles. The van der Waals surface area contributed by atoms with Crippen LogP contribution in [0, 0.1) is 0 Å². The van der Waals surface area contributed by atoms with Crippen molar-refractivity contribution < 1.29 is 4.79 Å². The van der Waals surface area contributed by atoms with E-state index in [0.717, 1.165) is 48.9 Å². The van der Waals surface area contributed by atoms with Crippen LogP contribution in [0.5, 0.6) is 0 Å². The number of nitrogens with zero attached hydrogens (tertiary/aromatic N) is 4. The van der Waals surface area contributed by atoms with E-state index in [4.69, 9.17) is 0 Å². The fourth-order valence-corrected chi connectivity index (χ4v) is 3.26. The highest BCUT2D eigenvalue weighted by molar-refractivity contribution is 7.99. The molecule has 2 heterocycles. The summed E-state index contributed by atoms with van der Waals surface area (Å²) in [5.74, 6) is 1.85. The molecule has 5 nitrogen and oxygen atoms in total. The molecule has 116 valence electrons. The molecule has 0 atom stereocenters. The zero-order valence-corrected chi connectivity index (χ0v) is 13.9. The van der Waals surface area contributed by atoms with E-state index in [1.165, 1.54) is 5.69 Å². The molecular weight excluding hydrogens is 284 g/mol. The summed E-state index contributed by atoms with van der Waals surface area (Å²) in [6, 6.07) is 2.16. The second-order valence-electron chi connectivity index (χ2n) is 5.50. The Labute approximate surface area is 131 Å². The zero-order valence-electron chi connectivity index (χ0n) is 13.1. The van der Waals surface area contributed by atoms with Crippen molar-refractivity contribution in [2.75, 3.05) is 62.9 Å². The minimum absolute atomic E-state index is 0.581. The van der Waals surface area contributed by atoms with Crippen LogP contribution >= 0.6 is 11.8 Å². The van der Waals surface area contributed by atoms with Crippen molar-refractivity contribution in [3.05, 3.63) is 12.3 Å². The number of thioether (sulfide) groups is 1. The lowest BCUT2D eigenvalue weighted by atomic mass is 10.3. The molecule has 6 heteroatoms. The van der Waals surface area contributed by atoms with Gasteiger partial charge in [0, 0.05) is 69.6 Å². The van der Waals surface area contributed by atoms with Crippen molar-refractivity contribution in [1.29, 1.82) is 0 Å². The molecule has 1 aromatic rings. The molecule has 1 aromatic heterocycles. The van der Waals surface area contributed by atoms with E-state index in [2.05, 4.69) is 32.8 Å². The Morgan fingerprint density at radius 1 is 1.33 bits per heavy atom. The van der Waals surface area contributed by atoms with Crippen molar-refractivity contribution in [3.63, 3.8) is 0 Å². The number of aldehydes is 1. The van der Waals surface area contributed by atoms with Crippen LogP contribution in [0.4, 0.5) is 11.5 Å². The number of hydrogen-bond acceptors (Lipinski definition) is 6. The SMILES string of the molecule is CN1CCN(c2cc(N(C)C)c(SCCC=O)cn2)CC1. The zero-order chi connectivity index (χ0) is 15.2. The third-order valence-electron chi connectivity index (χ3n) is 3.63. The van der Waals surface area contributed by atoms with Gasteiger partial charge in [0.1, 0.15) is 12.1 Å². The summed E-state index contributed by atoms with van der Waals surface area (Å²) in [6.07, 6.45) is 3.49. The van der Waals surface area contributed by atoms with E-state index in [1.54, 1.807) is 11.8 Å². The maximum Gasteiger partial charge on any atom is 0.130 e. The number of carbonyl (C=O) groups excluding carboxylic acids is 1. The van der Waals surface area contributed by atoms with Gasteiger partial charge in [0.2, 0.25) is 0 Å². The summed E-state index contributed by atoms with van der Waals surface area (Å²) >= 11 is 1.69. The van der Waals surface area contributed by atoms with Gasteiger partial charge in [0.05, 0.1) is 5.69 Å². The van der Waals surface area contributed by atoms with Crippen LogP contribution in [-0.4, -0.2) is 69.2 Å². The second kappa shape index (κ2) is 7.66. The van der Waals surface area contributed by atoms with Crippen LogP contribution in [0.3, 0.4) is 0 Å². The fraction of sp³-hybridized carbons (Fsp3) is 0.600. The maximum atomic E-state index is 10.5. The number of likely N-dealkylation sites (N-methyl/N-ethyl adjacent to an activating group) is 1. The first-order chi connectivity index (χ1) is 10.1. The van der Waals surface area contributed by atoms with Gasteiger partial charge in [-0.3, -0.25) is 0 Å². The van der Waals surface area contributed by atoms with Gasteiger partial charge in [-0.15, -0.1) is 11.8 Å². The average Bonchev–Trinajstić information content (AvgIpc) is 2.48. The molecule has 2 rings (SSSR count). The average molecular weight is 308 g/mol. The van der Waals surface area contributed by atoms with Crippen LogP contribution in [0.25, 0.3) is 0 Å². The lowest BCUT2D eigenvalue weighted by Gasteiger charge is -2.33. The lowest BCUT2D eigenvalue weighted by molar-refractivity contribution is -0.107. The normalized spacial score (nSPS) is 16.0. The third kappa shape index (κ3) is 4.35. The third-order valence-corrected chi connectivity index (χ3v) is 4.70. The van der Waals surface area contributed by atoms with Gasteiger partial charge < -0.3 is 19.5 Å². The Bertz CT molecular complexity index is 473. The van der Waals surface area contributed by atoms with Crippen LogP contribution in [-0.2, 0) is 4.79 Å². The van der Waals surface area contributed by atoms with Crippen molar-refractivity contribution in [2.24, 2.45) is 0 Å². The lowest BCUT2D eigenvalue weighted by Crippen LogP contribution is -2.44. The van der Waals surface area contributed by atoms with Crippen LogP contribution in [0.1, 0.15) is 6.42 Å². The first kappa shape index (κ1) is 16.1. The highest BCUT2D eigenvalue weighted by atomic mass is 32.2. The van der Waals surface area contributed by atoms with Gasteiger partial charge in [-0.25, -0.2) is 4.98 Å². The number of rotatable bonds is 6. The number of aromatic nitrogens is 1. The number of hydrogen-bond donors (Lipinski definition) is 0. The minimum Gasteiger partial charge on any atom is -0.377 e. The van der Waals surface area contributed by atoms with Gasteiger partial charge >= 0.3 is 0 Å². The first-order valence-corrected chi connectivity index (χ1v) is 8.27. The molecule has 1 fully saturated rings. The fourth-order valence-electron chi connectivity index (χ4n) is 2.31. The molecular formula is C15H24N4OS. The van der Waals surface area contributed by atoms with Crippen molar-refractivity contribution in [1.82, 2.24) is 9.88 Å². The Morgan fingerprint density at radius 3 is 2.67 bits per heavy atom. The summed E-state index contributed by atoms with van der Waals surface area (Å²) in [4.78, 5) is 23.0. The summed E-state index contributed by atoms with van der Waals surface area (Å²) in [7, 11) is 6.25. The maximum absolute atomic E-state index is 10.5. The van der Waals surface area contributed by atoms with E-state index in [9.17, 15) is 4.79 Å². The number of anilines is 2. The van der Waals surface area contributed by atoms with Crippen molar-refractivity contribution in [2.45, 2.75) is 11.3 Å². The van der Waals surface area contributed by atoms with Crippen LogP contribution in [0.2, 0.25) is 0 Å². The summed E-state index contributed by atoms with van der Waals surface area (Å²) in [6.45, 7) is 4.20. The minimum atomic E-state index is 0.581. The highest BCUT2D eigenvalue weighted by Gasteiger charge is 2.17. The molecule has 1 aliphatic rings. The molecule has 1 saturated heterocycles. The largest absolute Gasteiger partial charge is 0.377 e. The quantitative estimate of drug-likeness (QED) is 0.451. The summed E-state index contributed by atoms with van der Waals surface area (Å²) in [5, 5.41) is 0. The molecule has 0 unspecified atom stereocenters. The van der Waals surface area contributed by atoms with E-state index in [0.29, 0.717) is 6.42 Å². The van der Waals surface area contributed by atoms with Gasteiger partial charge in [0.15, 0.2) is 0 Å². The van der Waals surface area contributed by atoms with E-state index in [-0.39, 0.29) is 0 Å². The number of piperazine rings is 1.